The van der Waals surface area contributed by atoms with Crippen LogP contribution in [-0.2, 0) is 4.79 Å². The smallest absolute Gasteiger partial charge is 0.338 e. The van der Waals surface area contributed by atoms with Gasteiger partial charge in [-0.25, -0.2) is 0 Å². The summed E-state index contributed by atoms with van der Waals surface area (Å²) in [5.41, 5.74) is 4.87. The van der Waals surface area contributed by atoms with Crippen LogP contribution < -0.4 is 5.73 Å². The number of alkyl halides is 3. The van der Waals surface area contributed by atoms with Crippen molar-refractivity contribution in [1.29, 1.82) is 0 Å². The second kappa shape index (κ2) is 5.23. The van der Waals surface area contributed by atoms with Crippen LogP contribution in [0.1, 0.15) is 20.3 Å². The molecule has 0 radical (unpaired) electrons. The molecule has 0 bridgehead atoms. The van der Waals surface area contributed by atoms with Crippen molar-refractivity contribution in [3.63, 3.8) is 0 Å². The maximum Gasteiger partial charge on any atom is 0.412 e. The van der Waals surface area contributed by atoms with Gasteiger partial charge in [-0.05, 0) is 19.3 Å². The van der Waals surface area contributed by atoms with Crippen LogP contribution in [0.4, 0.5) is 13.2 Å². The number of hydrogen-bond donors (Lipinski definition) is 1. The fourth-order valence-corrected chi connectivity index (χ4v) is 1.72. The minimum atomic E-state index is -4.65. The maximum absolute atomic E-state index is 12.2. The molecule has 3 atom stereocenters. The van der Waals surface area contributed by atoms with Gasteiger partial charge in [-0.1, -0.05) is 6.92 Å². The van der Waals surface area contributed by atoms with E-state index in [0.29, 0.717) is 6.54 Å². The van der Waals surface area contributed by atoms with Gasteiger partial charge in [-0.3, -0.25) is 4.79 Å². The molecule has 0 aromatic rings. The van der Waals surface area contributed by atoms with Gasteiger partial charge in [-0.2, -0.15) is 13.2 Å². The molecule has 1 heterocycles. The van der Waals surface area contributed by atoms with Crippen molar-refractivity contribution in [2.24, 2.45) is 11.7 Å². The topological polar surface area (TPSA) is 46.3 Å². The molecule has 0 spiro atoms. The van der Waals surface area contributed by atoms with Crippen LogP contribution in [0.15, 0.2) is 0 Å². The quantitative estimate of drug-likeness (QED) is 0.778. The van der Waals surface area contributed by atoms with Gasteiger partial charge in [0.2, 0.25) is 5.91 Å². The normalized spacial score (nSPS) is 27.5. The van der Waals surface area contributed by atoms with Gasteiger partial charge in [0.1, 0.15) is 0 Å². The minimum absolute atomic E-state index is 0. The third kappa shape index (κ3) is 3.01. The summed E-state index contributed by atoms with van der Waals surface area (Å²) in [5, 5.41) is 0. The average Bonchev–Trinajstić information content (AvgIpc) is 2.44. The third-order valence-electron chi connectivity index (χ3n) is 3.04. The molecule has 0 saturated carbocycles. The molecular formula is C9H16ClF3N2O. The second-order valence-electron chi connectivity index (χ2n) is 4.06. The lowest BCUT2D eigenvalue weighted by molar-refractivity contribution is -0.170. The molecule has 1 aliphatic rings. The fraction of sp³-hybridized carbons (Fsp3) is 0.889. The molecule has 3 nitrogen and oxygen atoms in total. The van der Waals surface area contributed by atoms with E-state index in [1.165, 1.54) is 4.90 Å². The number of halogens is 4. The van der Waals surface area contributed by atoms with Crippen molar-refractivity contribution < 1.29 is 18.0 Å². The molecule has 1 amide bonds. The molecule has 3 unspecified atom stereocenters. The first-order valence-electron chi connectivity index (χ1n) is 4.88. The van der Waals surface area contributed by atoms with E-state index >= 15 is 0 Å². The van der Waals surface area contributed by atoms with Crippen molar-refractivity contribution >= 4 is 18.3 Å². The summed E-state index contributed by atoms with van der Waals surface area (Å²) in [6.07, 6.45) is -3.92. The zero-order valence-corrected chi connectivity index (χ0v) is 9.94. The molecular weight excluding hydrogens is 245 g/mol. The Kier molecular flexibility index (Phi) is 5.07. The SMILES string of the molecule is CC1CCN(C(=O)C(N)C(F)(F)F)C1C.Cl. The molecule has 96 valence electrons. The molecule has 7 heteroatoms. The van der Waals surface area contributed by atoms with Gasteiger partial charge in [0, 0.05) is 12.6 Å². The monoisotopic (exact) mass is 260 g/mol. The predicted molar refractivity (Wildman–Crippen MR) is 56.2 cm³/mol. The number of carbonyl (C=O) groups excluding carboxylic acids is 1. The molecule has 2 N–H and O–H groups in total. The van der Waals surface area contributed by atoms with E-state index in [1.807, 2.05) is 6.92 Å². The van der Waals surface area contributed by atoms with Gasteiger partial charge in [0.05, 0.1) is 0 Å². The molecule has 0 aromatic heterocycles. The maximum atomic E-state index is 12.2. The second-order valence-corrected chi connectivity index (χ2v) is 4.06. The molecule has 1 aliphatic heterocycles. The zero-order valence-electron chi connectivity index (χ0n) is 9.12. The van der Waals surface area contributed by atoms with Crippen LogP contribution in [0.25, 0.3) is 0 Å². The Hall–Kier alpha value is -0.490. The number of amides is 1. The first-order valence-corrected chi connectivity index (χ1v) is 4.88. The van der Waals surface area contributed by atoms with Crippen LogP contribution in [-0.4, -0.2) is 35.6 Å². The largest absolute Gasteiger partial charge is 0.412 e. The molecule has 1 saturated heterocycles. The highest BCUT2D eigenvalue weighted by molar-refractivity contribution is 5.85. The summed E-state index contributed by atoms with van der Waals surface area (Å²) in [7, 11) is 0. The van der Waals surface area contributed by atoms with E-state index in [1.54, 1.807) is 6.92 Å². The van der Waals surface area contributed by atoms with Gasteiger partial charge in [0.15, 0.2) is 6.04 Å². The van der Waals surface area contributed by atoms with E-state index in [2.05, 4.69) is 0 Å². The predicted octanol–water partition coefficient (Wildman–Crippen LogP) is 1.55. The van der Waals surface area contributed by atoms with Gasteiger partial charge in [-0.15, -0.1) is 12.4 Å². The van der Waals surface area contributed by atoms with Crippen molar-refractivity contribution in [3.05, 3.63) is 0 Å². The average molecular weight is 261 g/mol. The van der Waals surface area contributed by atoms with Crippen molar-refractivity contribution in [2.75, 3.05) is 6.54 Å². The molecule has 0 aromatic carbocycles. The van der Waals surface area contributed by atoms with Crippen LogP contribution in [0.2, 0.25) is 0 Å². The Morgan fingerprint density at radius 3 is 2.25 bits per heavy atom. The van der Waals surface area contributed by atoms with Crippen LogP contribution >= 0.6 is 12.4 Å². The van der Waals surface area contributed by atoms with Crippen molar-refractivity contribution in [1.82, 2.24) is 4.90 Å². The lowest BCUT2D eigenvalue weighted by Gasteiger charge is -2.27. The van der Waals surface area contributed by atoms with E-state index in [4.69, 9.17) is 5.73 Å². The zero-order chi connectivity index (χ0) is 11.8. The highest BCUT2D eigenvalue weighted by Crippen LogP contribution is 2.27. The third-order valence-corrected chi connectivity index (χ3v) is 3.04. The summed E-state index contributed by atoms with van der Waals surface area (Å²) < 4.78 is 36.6. The van der Waals surface area contributed by atoms with Crippen LogP contribution in [0.3, 0.4) is 0 Å². The molecule has 1 fully saturated rings. The Bertz CT molecular complexity index is 260. The summed E-state index contributed by atoms with van der Waals surface area (Å²) in [6.45, 7) is 4.03. The summed E-state index contributed by atoms with van der Waals surface area (Å²) >= 11 is 0. The van der Waals surface area contributed by atoms with Crippen LogP contribution in [0.5, 0.6) is 0 Å². The summed E-state index contributed by atoms with van der Waals surface area (Å²) in [5.74, 6) is -0.784. The van der Waals surface area contributed by atoms with Crippen molar-refractivity contribution in [2.45, 2.75) is 38.5 Å². The Morgan fingerprint density at radius 1 is 1.44 bits per heavy atom. The molecule has 0 aliphatic carbocycles. The number of hydrogen-bond acceptors (Lipinski definition) is 2. The Labute approximate surface area is 98.6 Å². The van der Waals surface area contributed by atoms with E-state index in [-0.39, 0.29) is 24.4 Å². The lowest BCUT2D eigenvalue weighted by Crippen LogP contribution is -2.53. The number of rotatable bonds is 1. The molecule has 16 heavy (non-hydrogen) atoms. The van der Waals surface area contributed by atoms with Gasteiger partial charge >= 0.3 is 6.18 Å². The fourth-order valence-electron chi connectivity index (χ4n) is 1.72. The van der Waals surface area contributed by atoms with E-state index < -0.39 is 18.1 Å². The first-order chi connectivity index (χ1) is 6.75. The Balaban J connectivity index is 0.00000225. The van der Waals surface area contributed by atoms with Gasteiger partial charge in [0.25, 0.3) is 0 Å². The number of nitrogens with two attached hydrogens (primary N) is 1. The summed E-state index contributed by atoms with van der Waals surface area (Å²) in [6, 6.07) is -2.55. The molecule has 1 rings (SSSR count). The van der Waals surface area contributed by atoms with Crippen molar-refractivity contribution in [3.8, 4) is 0 Å². The van der Waals surface area contributed by atoms with Gasteiger partial charge < -0.3 is 10.6 Å². The number of nitrogens with zero attached hydrogens (tertiary/aromatic N) is 1. The number of likely N-dealkylation sites (tertiary alicyclic amines) is 1. The van der Waals surface area contributed by atoms with E-state index in [0.717, 1.165) is 6.42 Å². The summed E-state index contributed by atoms with van der Waals surface area (Å²) in [4.78, 5) is 12.7. The minimum Gasteiger partial charge on any atom is -0.338 e. The van der Waals surface area contributed by atoms with E-state index in [9.17, 15) is 18.0 Å². The first kappa shape index (κ1) is 15.5. The Morgan fingerprint density at radius 2 is 1.94 bits per heavy atom. The highest BCUT2D eigenvalue weighted by Gasteiger charge is 2.46. The standard InChI is InChI=1S/C9H15F3N2O.ClH/c1-5-3-4-14(6(5)2)8(15)7(13)9(10,11)12;/h5-7H,3-4,13H2,1-2H3;1H. The number of carbonyl (C=O) groups is 1. The van der Waals surface area contributed by atoms with Crippen LogP contribution in [0, 0.1) is 5.92 Å². The lowest BCUT2D eigenvalue weighted by atomic mass is 10.1. The highest BCUT2D eigenvalue weighted by atomic mass is 35.5.